The molecule has 0 spiro atoms. The smallest absolute Gasteiger partial charge is 0.259 e. The van der Waals surface area contributed by atoms with Crippen LogP contribution in [0.2, 0.25) is 0 Å². The summed E-state index contributed by atoms with van der Waals surface area (Å²) in [6.45, 7) is 1.72. The van der Waals surface area contributed by atoms with Crippen LogP contribution in [0, 0.1) is 4.77 Å². The van der Waals surface area contributed by atoms with Gasteiger partial charge in [-0.2, -0.15) is 5.10 Å². The quantitative estimate of drug-likeness (QED) is 0.560. The SMILES string of the molecule is CC(C(=O)Nc1ccc(OCC(=O)N(C)C)cc1)n1c(-c2cccs2)n[nH]c1=S. The van der Waals surface area contributed by atoms with Crippen molar-refractivity contribution in [1.82, 2.24) is 19.7 Å². The fourth-order valence-electron chi connectivity index (χ4n) is 2.52. The van der Waals surface area contributed by atoms with Crippen molar-refractivity contribution in [2.75, 3.05) is 26.0 Å². The van der Waals surface area contributed by atoms with Gasteiger partial charge in [-0.1, -0.05) is 6.07 Å². The third-order valence-corrected chi connectivity index (χ3v) is 5.35. The first kappa shape index (κ1) is 20.7. The summed E-state index contributed by atoms with van der Waals surface area (Å²) in [7, 11) is 3.34. The van der Waals surface area contributed by atoms with E-state index < -0.39 is 6.04 Å². The van der Waals surface area contributed by atoms with E-state index in [1.807, 2.05) is 17.5 Å². The number of hydrogen-bond acceptors (Lipinski definition) is 6. The first-order chi connectivity index (χ1) is 13.9. The molecular formula is C19H21N5O3S2. The predicted octanol–water partition coefficient (Wildman–Crippen LogP) is 3.34. The molecule has 0 aliphatic heterocycles. The zero-order valence-corrected chi connectivity index (χ0v) is 17.8. The minimum Gasteiger partial charge on any atom is -0.484 e. The van der Waals surface area contributed by atoms with Crippen LogP contribution in [0.4, 0.5) is 5.69 Å². The van der Waals surface area contributed by atoms with Crippen molar-refractivity contribution < 1.29 is 14.3 Å². The third-order valence-electron chi connectivity index (χ3n) is 4.20. The van der Waals surface area contributed by atoms with Crippen LogP contribution in [-0.4, -0.2) is 52.2 Å². The van der Waals surface area contributed by atoms with E-state index in [9.17, 15) is 9.59 Å². The van der Waals surface area contributed by atoms with E-state index in [1.54, 1.807) is 49.9 Å². The molecule has 1 unspecified atom stereocenters. The van der Waals surface area contributed by atoms with E-state index in [1.165, 1.54) is 16.2 Å². The Morgan fingerprint density at radius 3 is 2.66 bits per heavy atom. The van der Waals surface area contributed by atoms with Gasteiger partial charge < -0.3 is 15.0 Å². The highest BCUT2D eigenvalue weighted by Gasteiger charge is 2.21. The molecule has 2 heterocycles. The van der Waals surface area contributed by atoms with Crippen LogP contribution in [0.25, 0.3) is 10.7 Å². The normalized spacial score (nSPS) is 11.7. The molecule has 0 saturated carbocycles. The molecule has 0 bridgehead atoms. The molecule has 0 radical (unpaired) electrons. The molecule has 8 nitrogen and oxygen atoms in total. The number of hydrogen-bond donors (Lipinski definition) is 2. The average molecular weight is 432 g/mol. The van der Waals surface area contributed by atoms with Gasteiger partial charge in [-0.25, -0.2) is 0 Å². The van der Waals surface area contributed by atoms with Crippen LogP contribution in [0.5, 0.6) is 5.75 Å². The van der Waals surface area contributed by atoms with Crippen LogP contribution in [0.3, 0.4) is 0 Å². The number of amides is 2. The zero-order valence-electron chi connectivity index (χ0n) is 16.2. The molecule has 0 fully saturated rings. The number of anilines is 1. The standard InChI is InChI=1S/C19H21N5O3S2/c1-12(24-17(21-22-19(24)28)15-5-4-10-29-15)18(26)20-13-6-8-14(9-7-13)27-11-16(25)23(2)3/h4-10,12H,11H2,1-3H3,(H,20,26)(H,22,28). The Morgan fingerprint density at radius 2 is 2.03 bits per heavy atom. The number of likely N-dealkylation sites (N-methyl/N-ethyl adjacent to an activating group) is 1. The molecular weight excluding hydrogens is 410 g/mol. The summed E-state index contributed by atoms with van der Waals surface area (Å²) < 4.78 is 7.51. The Labute approximate surface area is 177 Å². The number of H-pyrrole nitrogens is 1. The molecule has 29 heavy (non-hydrogen) atoms. The number of carbonyl (C=O) groups excluding carboxylic acids is 2. The van der Waals surface area contributed by atoms with E-state index >= 15 is 0 Å². The lowest BCUT2D eigenvalue weighted by atomic mass is 10.2. The minimum atomic E-state index is -0.563. The first-order valence-electron chi connectivity index (χ1n) is 8.81. The number of benzene rings is 1. The fraction of sp³-hybridized carbons (Fsp3) is 0.263. The van der Waals surface area contributed by atoms with E-state index in [-0.39, 0.29) is 18.4 Å². The summed E-state index contributed by atoms with van der Waals surface area (Å²) >= 11 is 6.84. The van der Waals surface area contributed by atoms with Crippen molar-refractivity contribution in [3.8, 4) is 16.5 Å². The Kier molecular flexibility index (Phi) is 6.45. The molecule has 2 amide bonds. The lowest BCUT2D eigenvalue weighted by molar-refractivity contribution is -0.130. The molecule has 0 aliphatic rings. The molecule has 1 aromatic carbocycles. The predicted molar refractivity (Wildman–Crippen MR) is 115 cm³/mol. The third kappa shape index (κ3) is 4.90. The zero-order chi connectivity index (χ0) is 21.0. The topological polar surface area (TPSA) is 92.2 Å². The second-order valence-corrected chi connectivity index (χ2v) is 7.80. The van der Waals surface area contributed by atoms with E-state index in [4.69, 9.17) is 17.0 Å². The van der Waals surface area contributed by atoms with Crippen LogP contribution in [0.1, 0.15) is 13.0 Å². The monoisotopic (exact) mass is 431 g/mol. The van der Waals surface area contributed by atoms with Gasteiger partial charge in [-0.05, 0) is 54.9 Å². The van der Waals surface area contributed by atoms with E-state index in [0.717, 1.165) is 4.88 Å². The summed E-state index contributed by atoms with van der Waals surface area (Å²) in [5.74, 6) is 0.816. The van der Waals surface area contributed by atoms with Gasteiger partial charge in [0.05, 0.1) is 4.88 Å². The highest BCUT2D eigenvalue weighted by atomic mass is 32.1. The number of nitrogens with zero attached hydrogens (tertiary/aromatic N) is 3. The van der Waals surface area contributed by atoms with E-state index in [0.29, 0.717) is 22.0 Å². The number of aromatic amines is 1. The fourth-order valence-corrected chi connectivity index (χ4v) is 3.52. The van der Waals surface area contributed by atoms with Crippen molar-refractivity contribution in [1.29, 1.82) is 0 Å². The van der Waals surface area contributed by atoms with E-state index in [2.05, 4.69) is 15.5 Å². The maximum Gasteiger partial charge on any atom is 0.259 e. The van der Waals surface area contributed by atoms with Crippen molar-refractivity contribution in [3.63, 3.8) is 0 Å². The summed E-state index contributed by atoms with van der Waals surface area (Å²) in [6, 6.07) is 10.1. The Morgan fingerprint density at radius 1 is 1.31 bits per heavy atom. The van der Waals surface area contributed by atoms with Gasteiger partial charge in [0.2, 0.25) is 5.91 Å². The maximum absolute atomic E-state index is 12.8. The van der Waals surface area contributed by atoms with Crippen molar-refractivity contribution >= 4 is 41.1 Å². The van der Waals surface area contributed by atoms with Gasteiger partial charge in [0.1, 0.15) is 11.8 Å². The van der Waals surface area contributed by atoms with Crippen molar-refractivity contribution in [2.24, 2.45) is 0 Å². The first-order valence-corrected chi connectivity index (χ1v) is 10.1. The number of thiophene rings is 1. The van der Waals surface area contributed by atoms with Gasteiger partial charge in [0.15, 0.2) is 17.2 Å². The van der Waals surface area contributed by atoms with Crippen LogP contribution in [-0.2, 0) is 9.59 Å². The molecule has 3 rings (SSSR count). The second-order valence-electron chi connectivity index (χ2n) is 6.47. The Bertz CT molecular complexity index is 1040. The van der Waals surface area contributed by atoms with Crippen LogP contribution in [0.15, 0.2) is 41.8 Å². The number of nitrogens with one attached hydrogen (secondary N) is 2. The largest absolute Gasteiger partial charge is 0.484 e. The van der Waals surface area contributed by atoms with Gasteiger partial charge in [0.25, 0.3) is 5.91 Å². The number of aromatic nitrogens is 3. The van der Waals surface area contributed by atoms with Gasteiger partial charge >= 0.3 is 0 Å². The Hall–Kier alpha value is -2.98. The molecule has 0 aliphatic carbocycles. The summed E-state index contributed by atoms with van der Waals surface area (Å²) in [5, 5.41) is 11.8. The molecule has 0 saturated heterocycles. The van der Waals surface area contributed by atoms with Gasteiger partial charge in [0, 0.05) is 19.8 Å². The van der Waals surface area contributed by atoms with Gasteiger partial charge in [-0.15, -0.1) is 11.3 Å². The number of ether oxygens (including phenoxy) is 1. The summed E-state index contributed by atoms with van der Waals surface area (Å²) in [6.07, 6.45) is 0. The highest BCUT2D eigenvalue weighted by molar-refractivity contribution is 7.71. The van der Waals surface area contributed by atoms with Gasteiger partial charge in [-0.3, -0.25) is 19.3 Å². The van der Waals surface area contributed by atoms with Crippen LogP contribution < -0.4 is 10.1 Å². The molecule has 3 aromatic rings. The summed E-state index contributed by atoms with van der Waals surface area (Å²) in [5.41, 5.74) is 0.612. The molecule has 2 aromatic heterocycles. The lowest BCUT2D eigenvalue weighted by Crippen LogP contribution is -2.27. The highest BCUT2D eigenvalue weighted by Crippen LogP contribution is 2.26. The molecule has 1 atom stereocenters. The average Bonchev–Trinajstić information content (AvgIpc) is 3.36. The minimum absolute atomic E-state index is 0.0417. The molecule has 152 valence electrons. The summed E-state index contributed by atoms with van der Waals surface area (Å²) in [4.78, 5) is 26.7. The van der Waals surface area contributed by atoms with Crippen molar-refractivity contribution in [3.05, 3.63) is 46.5 Å². The molecule has 10 heteroatoms. The van der Waals surface area contributed by atoms with Crippen molar-refractivity contribution in [2.45, 2.75) is 13.0 Å². The second kappa shape index (κ2) is 9.01. The molecule has 2 N–H and O–H groups in total. The number of carbonyl (C=O) groups is 2. The lowest BCUT2D eigenvalue weighted by Gasteiger charge is -2.15. The Balaban J connectivity index is 1.67. The number of rotatable bonds is 7. The van der Waals surface area contributed by atoms with Crippen LogP contribution >= 0.6 is 23.6 Å². The maximum atomic E-state index is 12.8.